The number of rotatable bonds is 3. The van der Waals surface area contributed by atoms with E-state index in [0.29, 0.717) is 17.9 Å². The van der Waals surface area contributed by atoms with Crippen molar-refractivity contribution in [3.05, 3.63) is 12.2 Å². The molecule has 0 amide bonds. The molecule has 84 valence electrons. The first-order valence-corrected chi connectivity index (χ1v) is 6.20. The second-order valence-corrected chi connectivity index (χ2v) is 4.78. The van der Waals surface area contributed by atoms with Gasteiger partial charge in [0.05, 0.1) is 0 Å². The normalized spacial score (nSPS) is 32.5. The van der Waals surface area contributed by atoms with Gasteiger partial charge >= 0.3 is 0 Å². The molecule has 2 nitrogen and oxygen atoms in total. The Morgan fingerprint density at radius 2 is 2.00 bits per heavy atom. The SMILES string of the molecule is C/C=C/CCN1C2CCCC1CC(=O)C2. The molecule has 2 atom stereocenters. The largest absolute Gasteiger partial charge is 0.300 e. The van der Waals surface area contributed by atoms with Gasteiger partial charge in [-0.05, 0) is 26.2 Å². The molecule has 2 bridgehead atoms. The number of allylic oxidation sites excluding steroid dienone is 1. The minimum Gasteiger partial charge on any atom is -0.300 e. The van der Waals surface area contributed by atoms with Crippen LogP contribution in [0.5, 0.6) is 0 Å². The monoisotopic (exact) mass is 207 g/mol. The van der Waals surface area contributed by atoms with Gasteiger partial charge in [-0.15, -0.1) is 0 Å². The maximum Gasteiger partial charge on any atom is 0.136 e. The standard InChI is InChI=1S/C13H21NO/c1-2-3-4-8-14-11-6-5-7-12(14)10-13(15)9-11/h2-3,11-12H,4-10H2,1H3/b3-2+. The van der Waals surface area contributed by atoms with E-state index in [1.54, 1.807) is 0 Å². The van der Waals surface area contributed by atoms with Crippen LogP contribution in [0.4, 0.5) is 0 Å². The maximum atomic E-state index is 11.5. The third kappa shape index (κ3) is 2.49. The summed E-state index contributed by atoms with van der Waals surface area (Å²) in [6.07, 6.45) is 10.9. The molecule has 0 aromatic heterocycles. The van der Waals surface area contributed by atoms with Crippen LogP contribution in [-0.2, 0) is 4.79 Å². The number of fused-ring (bicyclic) bond motifs is 2. The average molecular weight is 207 g/mol. The number of nitrogens with zero attached hydrogens (tertiary/aromatic N) is 1. The van der Waals surface area contributed by atoms with Crippen LogP contribution in [0.1, 0.15) is 45.4 Å². The first kappa shape index (κ1) is 10.9. The molecular weight excluding hydrogens is 186 g/mol. The van der Waals surface area contributed by atoms with Crippen molar-refractivity contribution in [3.63, 3.8) is 0 Å². The molecule has 0 spiro atoms. The van der Waals surface area contributed by atoms with Gasteiger partial charge in [0.2, 0.25) is 0 Å². The van der Waals surface area contributed by atoms with Crippen LogP contribution in [0.15, 0.2) is 12.2 Å². The summed E-state index contributed by atoms with van der Waals surface area (Å²) in [7, 11) is 0. The van der Waals surface area contributed by atoms with Gasteiger partial charge in [-0.2, -0.15) is 0 Å². The van der Waals surface area contributed by atoms with Crippen molar-refractivity contribution in [3.8, 4) is 0 Å². The van der Waals surface area contributed by atoms with E-state index in [-0.39, 0.29) is 0 Å². The van der Waals surface area contributed by atoms with E-state index in [0.717, 1.165) is 25.8 Å². The summed E-state index contributed by atoms with van der Waals surface area (Å²) >= 11 is 0. The Morgan fingerprint density at radius 1 is 1.33 bits per heavy atom. The average Bonchev–Trinajstić information content (AvgIpc) is 2.19. The first-order chi connectivity index (χ1) is 7.31. The van der Waals surface area contributed by atoms with E-state index in [1.807, 2.05) is 0 Å². The van der Waals surface area contributed by atoms with Crippen molar-refractivity contribution < 1.29 is 4.79 Å². The third-order valence-electron chi connectivity index (χ3n) is 3.73. The fourth-order valence-electron chi connectivity index (χ4n) is 3.02. The topological polar surface area (TPSA) is 20.3 Å². The Balaban J connectivity index is 1.95. The van der Waals surface area contributed by atoms with Gasteiger partial charge in [-0.3, -0.25) is 9.69 Å². The predicted molar refractivity (Wildman–Crippen MR) is 61.8 cm³/mol. The lowest BCUT2D eigenvalue weighted by Crippen LogP contribution is -2.52. The zero-order valence-electron chi connectivity index (χ0n) is 9.61. The van der Waals surface area contributed by atoms with E-state index in [1.165, 1.54) is 19.3 Å². The van der Waals surface area contributed by atoms with Gasteiger partial charge in [0.15, 0.2) is 0 Å². The van der Waals surface area contributed by atoms with Crippen LogP contribution in [0, 0.1) is 0 Å². The number of ketones is 1. The summed E-state index contributed by atoms with van der Waals surface area (Å²) in [6.45, 7) is 3.22. The number of piperidine rings is 2. The summed E-state index contributed by atoms with van der Waals surface area (Å²) in [5.41, 5.74) is 0. The quantitative estimate of drug-likeness (QED) is 0.663. The van der Waals surface area contributed by atoms with Crippen molar-refractivity contribution in [2.45, 2.75) is 57.5 Å². The summed E-state index contributed by atoms with van der Waals surface area (Å²) in [6, 6.07) is 1.13. The molecule has 0 aliphatic carbocycles. The van der Waals surface area contributed by atoms with Crippen molar-refractivity contribution >= 4 is 5.78 Å². The Bertz CT molecular complexity index is 243. The van der Waals surface area contributed by atoms with Crippen molar-refractivity contribution in [1.29, 1.82) is 0 Å². The molecule has 2 aliphatic rings. The number of hydrogen-bond acceptors (Lipinski definition) is 2. The summed E-state index contributed by atoms with van der Waals surface area (Å²) < 4.78 is 0. The molecule has 0 saturated carbocycles. The summed E-state index contributed by atoms with van der Waals surface area (Å²) in [5.74, 6) is 0.493. The van der Waals surface area contributed by atoms with Crippen LogP contribution < -0.4 is 0 Å². The molecular formula is C13H21NO. The highest BCUT2D eigenvalue weighted by molar-refractivity contribution is 5.80. The molecule has 2 aliphatic heterocycles. The molecule has 0 radical (unpaired) electrons. The second kappa shape index (κ2) is 4.93. The highest BCUT2D eigenvalue weighted by Gasteiger charge is 2.36. The Hall–Kier alpha value is -0.630. The van der Waals surface area contributed by atoms with Gasteiger partial charge in [0, 0.05) is 31.5 Å². The van der Waals surface area contributed by atoms with E-state index >= 15 is 0 Å². The highest BCUT2D eigenvalue weighted by Crippen LogP contribution is 2.32. The van der Waals surface area contributed by atoms with Gasteiger partial charge < -0.3 is 0 Å². The van der Waals surface area contributed by atoms with Crippen LogP contribution in [-0.4, -0.2) is 29.3 Å². The molecule has 15 heavy (non-hydrogen) atoms. The lowest BCUT2D eigenvalue weighted by Gasteiger charge is -2.45. The van der Waals surface area contributed by atoms with Crippen LogP contribution >= 0.6 is 0 Å². The summed E-state index contributed by atoms with van der Waals surface area (Å²) in [4.78, 5) is 14.1. The molecule has 0 aromatic carbocycles. The van der Waals surface area contributed by atoms with Crippen LogP contribution in [0.3, 0.4) is 0 Å². The Kier molecular flexibility index (Phi) is 3.57. The van der Waals surface area contributed by atoms with E-state index in [4.69, 9.17) is 0 Å². The molecule has 2 heterocycles. The molecule has 0 aromatic rings. The van der Waals surface area contributed by atoms with Gasteiger partial charge in [0.1, 0.15) is 5.78 Å². The maximum absolute atomic E-state index is 11.5. The zero-order chi connectivity index (χ0) is 10.7. The van der Waals surface area contributed by atoms with Crippen molar-refractivity contribution in [2.75, 3.05) is 6.54 Å². The van der Waals surface area contributed by atoms with E-state index in [2.05, 4.69) is 24.0 Å². The lowest BCUT2D eigenvalue weighted by molar-refractivity contribution is -0.127. The van der Waals surface area contributed by atoms with Crippen LogP contribution in [0.2, 0.25) is 0 Å². The van der Waals surface area contributed by atoms with E-state index < -0.39 is 0 Å². The number of carbonyl (C=O) groups is 1. The molecule has 2 fully saturated rings. The third-order valence-corrected chi connectivity index (χ3v) is 3.73. The first-order valence-electron chi connectivity index (χ1n) is 6.20. The number of Topliss-reactive ketones (excluding diaryl/α,β-unsaturated/α-hetero) is 1. The molecule has 2 unspecified atom stereocenters. The molecule has 0 N–H and O–H groups in total. The van der Waals surface area contributed by atoms with E-state index in [9.17, 15) is 4.79 Å². The Morgan fingerprint density at radius 3 is 2.60 bits per heavy atom. The van der Waals surface area contributed by atoms with Gasteiger partial charge in [0.25, 0.3) is 0 Å². The second-order valence-electron chi connectivity index (χ2n) is 4.78. The van der Waals surface area contributed by atoms with Crippen molar-refractivity contribution in [2.24, 2.45) is 0 Å². The highest BCUT2D eigenvalue weighted by atomic mass is 16.1. The minimum absolute atomic E-state index is 0.493. The predicted octanol–water partition coefficient (Wildman–Crippen LogP) is 2.54. The van der Waals surface area contributed by atoms with Gasteiger partial charge in [-0.25, -0.2) is 0 Å². The molecule has 2 rings (SSSR count). The number of hydrogen-bond donors (Lipinski definition) is 0. The fraction of sp³-hybridized carbons (Fsp3) is 0.769. The Labute approximate surface area is 92.3 Å². The molecule has 2 saturated heterocycles. The lowest BCUT2D eigenvalue weighted by atomic mass is 9.83. The minimum atomic E-state index is 0.493. The number of carbonyl (C=O) groups excluding carboxylic acids is 1. The zero-order valence-corrected chi connectivity index (χ0v) is 9.61. The van der Waals surface area contributed by atoms with Crippen LogP contribution in [0.25, 0.3) is 0 Å². The van der Waals surface area contributed by atoms with Crippen molar-refractivity contribution in [1.82, 2.24) is 4.90 Å². The van der Waals surface area contributed by atoms with Gasteiger partial charge in [-0.1, -0.05) is 18.6 Å². The smallest absolute Gasteiger partial charge is 0.136 e. The molecule has 2 heteroatoms. The fourth-order valence-corrected chi connectivity index (χ4v) is 3.02. The summed E-state index contributed by atoms with van der Waals surface area (Å²) in [5, 5.41) is 0.